The second kappa shape index (κ2) is 8.24. The lowest BCUT2D eigenvalue weighted by molar-refractivity contribution is -0.384. The maximum atomic E-state index is 13.1. The molecule has 0 aliphatic carbocycles. The number of rotatable bonds is 4. The van der Waals surface area contributed by atoms with Gasteiger partial charge in [-0.05, 0) is 32.8 Å². The van der Waals surface area contributed by atoms with Gasteiger partial charge in [0.1, 0.15) is 5.02 Å². The molecule has 1 aliphatic heterocycles. The van der Waals surface area contributed by atoms with Crippen molar-refractivity contribution in [3.05, 3.63) is 48.1 Å². The Morgan fingerprint density at radius 1 is 1.28 bits per heavy atom. The summed E-state index contributed by atoms with van der Waals surface area (Å²) >= 11 is 5.98. The number of aryl methyl sites for hydroxylation is 1. The predicted octanol–water partition coefficient (Wildman–Crippen LogP) is 2.54. The monoisotopic (exact) mass is 424 g/mol. The van der Waals surface area contributed by atoms with Gasteiger partial charge in [0.05, 0.1) is 22.4 Å². The first-order valence-corrected chi connectivity index (χ1v) is 9.72. The third kappa shape index (κ3) is 3.71. The summed E-state index contributed by atoms with van der Waals surface area (Å²) in [5.41, 5.74) is -1.21. The number of carbonyl (C=O) groups excluding carboxylic acids is 1. The van der Waals surface area contributed by atoms with Crippen molar-refractivity contribution < 1.29 is 14.5 Å². The lowest BCUT2D eigenvalue weighted by Gasteiger charge is -2.32. The number of likely N-dealkylation sites (tertiary alicyclic amines) is 1. The minimum absolute atomic E-state index is 0.0652. The number of hydrogen-bond acceptors (Lipinski definition) is 6. The zero-order chi connectivity index (χ0) is 21.3. The van der Waals surface area contributed by atoms with E-state index in [9.17, 15) is 24.5 Å². The first kappa shape index (κ1) is 20.8. The Morgan fingerprint density at radius 2 is 1.93 bits per heavy atom. The minimum Gasteiger partial charge on any atom is -0.450 e. The molecule has 1 aromatic carbocycles. The molecule has 156 valence electrons. The van der Waals surface area contributed by atoms with Gasteiger partial charge in [0, 0.05) is 31.7 Å². The van der Waals surface area contributed by atoms with E-state index in [-0.39, 0.29) is 34.8 Å². The second-order valence-corrected chi connectivity index (χ2v) is 7.10. The van der Waals surface area contributed by atoms with E-state index in [4.69, 9.17) is 16.3 Å². The number of nitro groups is 1. The number of amides is 1. The van der Waals surface area contributed by atoms with Gasteiger partial charge in [-0.2, -0.15) is 0 Å². The number of benzene rings is 1. The molecule has 0 spiro atoms. The number of aromatic nitrogens is 2. The Kier molecular flexibility index (Phi) is 5.92. The molecule has 0 unspecified atom stereocenters. The number of hydrogen-bond donors (Lipinski definition) is 0. The van der Waals surface area contributed by atoms with Crippen molar-refractivity contribution in [2.75, 3.05) is 19.7 Å². The minimum atomic E-state index is -0.662. The average molecular weight is 425 g/mol. The van der Waals surface area contributed by atoms with Crippen LogP contribution in [0.3, 0.4) is 0 Å². The van der Waals surface area contributed by atoms with Crippen LogP contribution in [0.1, 0.15) is 32.7 Å². The van der Waals surface area contributed by atoms with Crippen molar-refractivity contribution in [2.45, 2.75) is 39.3 Å². The molecular formula is C18H21ClN4O6. The molecule has 2 heterocycles. The van der Waals surface area contributed by atoms with Gasteiger partial charge in [-0.15, -0.1) is 0 Å². The Bertz CT molecular complexity index is 1080. The Hall–Kier alpha value is -2.88. The summed E-state index contributed by atoms with van der Waals surface area (Å²) in [5.74, 6) is 0. The molecular weight excluding hydrogens is 404 g/mol. The number of fused-ring (bicyclic) bond motifs is 1. The summed E-state index contributed by atoms with van der Waals surface area (Å²) in [4.78, 5) is 50.1. The van der Waals surface area contributed by atoms with Crippen LogP contribution in [-0.2, 0) is 11.3 Å². The summed E-state index contributed by atoms with van der Waals surface area (Å²) < 4.78 is 7.51. The predicted molar refractivity (Wildman–Crippen MR) is 107 cm³/mol. The molecule has 29 heavy (non-hydrogen) atoms. The van der Waals surface area contributed by atoms with Crippen molar-refractivity contribution >= 4 is 34.3 Å². The smallest absolute Gasteiger partial charge is 0.409 e. The van der Waals surface area contributed by atoms with Crippen LogP contribution in [0.5, 0.6) is 0 Å². The normalized spacial score (nSPS) is 14.9. The summed E-state index contributed by atoms with van der Waals surface area (Å²) in [6.07, 6.45) is 0.380. The Morgan fingerprint density at radius 3 is 2.48 bits per heavy atom. The largest absolute Gasteiger partial charge is 0.450 e. The number of nitrogens with zero attached hydrogens (tertiary/aromatic N) is 4. The van der Waals surface area contributed by atoms with Crippen LogP contribution in [0, 0.1) is 10.1 Å². The first-order chi connectivity index (χ1) is 13.8. The van der Waals surface area contributed by atoms with Crippen molar-refractivity contribution in [1.29, 1.82) is 0 Å². The lowest BCUT2D eigenvalue weighted by Crippen LogP contribution is -2.47. The summed E-state index contributed by atoms with van der Waals surface area (Å²) in [6.45, 7) is 4.70. The van der Waals surface area contributed by atoms with Crippen molar-refractivity contribution in [1.82, 2.24) is 14.0 Å². The van der Waals surface area contributed by atoms with Gasteiger partial charge in [0.25, 0.3) is 11.2 Å². The first-order valence-electron chi connectivity index (χ1n) is 9.34. The fraction of sp³-hybridized carbons (Fsp3) is 0.500. The summed E-state index contributed by atoms with van der Waals surface area (Å²) in [6, 6.07) is 1.99. The molecule has 0 N–H and O–H groups in total. The van der Waals surface area contributed by atoms with E-state index >= 15 is 0 Å². The fourth-order valence-electron chi connectivity index (χ4n) is 3.68. The van der Waals surface area contributed by atoms with E-state index in [0.717, 1.165) is 10.6 Å². The Labute approximate surface area is 170 Å². The molecule has 1 fully saturated rings. The van der Waals surface area contributed by atoms with E-state index < -0.39 is 28.3 Å². The number of ether oxygens (including phenoxy) is 1. The van der Waals surface area contributed by atoms with Crippen LogP contribution in [0.2, 0.25) is 5.02 Å². The van der Waals surface area contributed by atoms with E-state index in [1.165, 1.54) is 15.5 Å². The van der Waals surface area contributed by atoms with Gasteiger partial charge in [-0.1, -0.05) is 11.6 Å². The Balaban J connectivity index is 2.08. The number of halogens is 1. The zero-order valence-electron chi connectivity index (χ0n) is 16.1. The van der Waals surface area contributed by atoms with Crippen molar-refractivity contribution in [2.24, 2.45) is 0 Å². The van der Waals surface area contributed by atoms with Gasteiger partial charge in [0.15, 0.2) is 0 Å². The third-order valence-electron chi connectivity index (χ3n) is 5.11. The van der Waals surface area contributed by atoms with Crippen LogP contribution in [-0.4, -0.2) is 44.7 Å². The van der Waals surface area contributed by atoms with Gasteiger partial charge in [-0.25, -0.2) is 9.59 Å². The highest BCUT2D eigenvalue weighted by molar-refractivity contribution is 6.33. The standard InChI is InChI=1S/C18H21ClN4O6/c1-3-21-14-10-13(19)15(23(27)28)9-12(14)16(24)22(17(21)25)11-5-7-20(8-6-11)18(26)29-4-2/h9-11H,3-8H2,1-2H3. The van der Waals surface area contributed by atoms with E-state index in [0.29, 0.717) is 25.9 Å². The maximum Gasteiger partial charge on any atom is 0.409 e. The molecule has 0 radical (unpaired) electrons. The lowest BCUT2D eigenvalue weighted by atomic mass is 10.0. The second-order valence-electron chi connectivity index (χ2n) is 6.70. The summed E-state index contributed by atoms with van der Waals surface area (Å²) in [5, 5.41) is 11.2. The molecule has 1 aliphatic rings. The topological polar surface area (TPSA) is 117 Å². The maximum absolute atomic E-state index is 13.1. The summed E-state index contributed by atoms with van der Waals surface area (Å²) in [7, 11) is 0. The van der Waals surface area contributed by atoms with E-state index in [2.05, 4.69) is 0 Å². The molecule has 0 bridgehead atoms. The SMILES string of the molecule is CCOC(=O)N1CCC(n2c(=O)c3cc([N+](=O)[O-])c(Cl)cc3n(CC)c2=O)CC1. The highest BCUT2D eigenvalue weighted by Gasteiger charge is 2.28. The van der Waals surface area contributed by atoms with Gasteiger partial charge in [0.2, 0.25) is 0 Å². The zero-order valence-corrected chi connectivity index (χ0v) is 16.8. The van der Waals surface area contributed by atoms with Crippen LogP contribution in [0.4, 0.5) is 10.5 Å². The van der Waals surface area contributed by atoms with Crippen molar-refractivity contribution in [3.63, 3.8) is 0 Å². The van der Waals surface area contributed by atoms with Crippen LogP contribution < -0.4 is 11.2 Å². The molecule has 3 rings (SSSR count). The van der Waals surface area contributed by atoms with Gasteiger partial charge >= 0.3 is 11.8 Å². The third-order valence-corrected chi connectivity index (χ3v) is 5.41. The highest BCUT2D eigenvalue weighted by Crippen LogP contribution is 2.29. The van der Waals surface area contributed by atoms with Gasteiger partial charge < -0.3 is 9.64 Å². The van der Waals surface area contributed by atoms with Crippen LogP contribution >= 0.6 is 11.6 Å². The molecule has 11 heteroatoms. The molecule has 1 amide bonds. The van der Waals surface area contributed by atoms with Gasteiger partial charge in [-0.3, -0.25) is 24.0 Å². The van der Waals surface area contributed by atoms with E-state index in [1.54, 1.807) is 13.8 Å². The molecule has 0 saturated carbocycles. The van der Waals surface area contributed by atoms with E-state index in [1.807, 2.05) is 0 Å². The fourth-order valence-corrected chi connectivity index (χ4v) is 3.91. The number of nitro benzene ring substituents is 1. The number of piperidine rings is 1. The quantitative estimate of drug-likeness (QED) is 0.550. The number of carbonyl (C=O) groups is 1. The molecule has 1 aromatic heterocycles. The molecule has 10 nitrogen and oxygen atoms in total. The molecule has 1 saturated heterocycles. The highest BCUT2D eigenvalue weighted by atomic mass is 35.5. The van der Waals surface area contributed by atoms with Crippen LogP contribution in [0.25, 0.3) is 10.9 Å². The van der Waals surface area contributed by atoms with Crippen LogP contribution in [0.15, 0.2) is 21.7 Å². The molecule has 2 aromatic rings. The molecule has 0 atom stereocenters. The van der Waals surface area contributed by atoms with Crippen molar-refractivity contribution in [3.8, 4) is 0 Å². The average Bonchev–Trinajstić information content (AvgIpc) is 2.68.